The van der Waals surface area contributed by atoms with Gasteiger partial charge in [0.25, 0.3) is 0 Å². The van der Waals surface area contributed by atoms with Gasteiger partial charge in [0, 0.05) is 11.6 Å². The Kier molecular flexibility index (Phi) is 6.31. The number of hydrogen-bond donors (Lipinski definition) is 2. The normalized spacial score (nSPS) is 17.7. The molecule has 3 aromatic rings. The van der Waals surface area contributed by atoms with E-state index in [0.29, 0.717) is 28.5 Å². The lowest BCUT2D eigenvalue weighted by Gasteiger charge is -2.33. The average Bonchev–Trinajstić information content (AvgIpc) is 3.29. The molecule has 1 aromatic carbocycles. The molecule has 34 heavy (non-hydrogen) atoms. The van der Waals surface area contributed by atoms with Crippen molar-refractivity contribution < 1.29 is 19.4 Å². The molecule has 0 saturated carbocycles. The van der Waals surface area contributed by atoms with Gasteiger partial charge in [-0.25, -0.2) is 14.8 Å². The smallest absolute Gasteiger partial charge is 0.337 e. The molecule has 178 valence electrons. The van der Waals surface area contributed by atoms with Gasteiger partial charge in [0.15, 0.2) is 0 Å². The largest absolute Gasteiger partial charge is 0.465 e. The van der Waals surface area contributed by atoms with Crippen LogP contribution in [0.2, 0.25) is 0 Å². The highest BCUT2D eigenvalue weighted by Gasteiger charge is 2.39. The van der Waals surface area contributed by atoms with Crippen LogP contribution in [0.4, 0.5) is 5.82 Å². The van der Waals surface area contributed by atoms with Crippen molar-refractivity contribution in [3.8, 4) is 10.6 Å². The van der Waals surface area contributed by atoms with Crippen LogP contribution in [-0.2, 0) is 21.6 Å². The summed E-state index contributed by atoms with van der Waals surface area (Å²) in [6, 6.07) is 9.05. The van der Waals surface area contributed by atoms with E-state index in [4.69, 9.17) is 4.74 Å². The van der Waals surface area contributed by atoms with Crippen LogP contribution in [-0.4, -0.2) is 34.1 Å². The quantitative estimate of drug-likeness (QED) is 0.519. The number of ether oxygens (including phenoxy) is 1. The molecule has 0 bridgehead atoms. The molecule has 0 spiro atoms. The predicted octanol–water partition coefficient (Wildman–Crippen LogP) is 4.86. The van der Waals surface area contributed by atoms with Crippen molar-refractivity contribution in [2.75, 3.05) is 12.4 Å². The number of benzene rings is 1. The van der Waals surface area contributed by atoms with E-state index in [9.17, 15) is 14.7 Å². The molecule has 1 aliphatic carbocycles. The van der Waals surface area contributed by atoms with Crippen molar-refractivity contribution in [3.05, 3.63) is 63.8 Å². The number of hydrogen-bond acceptors (Lipinski definition) is 7. The molecule has 8 heteroatoms. The number of aliphatic hydroxyl groups is 1. The van der Waals surface area contributed by atoms with Crippen LogP contribution in [0.5, 0.6) is 0 Å². The molecule has 0 radical (unpaired) electrons. The van der Waals surface area contributed by atoms with Crippen LogP contribution >= 0.6 is 11.3 Å². The first kappa shape index (κ1) is 24.0. The number of rotatable bonds is 4. The van der Waals surface area contributed by atoms with E-state index in [2.05, 4.69) is 15.3 Å². The number of methoxy groups -OCH3 is 1. The maximum Gasteiger partial charge on any atom is 0.337 e. The van der Waals surface area contributed by atoms with E-state index >= 15 is 0 Å². The maximum absolute atomic E-state index is 12.4. The molecule has 2 N–H and O–H groups in total. The molecule has 1 atom stereocenters. The van der Waals surface area contributed by atoms with Gasteiger partial charge in [0.1, 0.15) is 16.4 Å². The Hall–Kier alpha value is -3.10. The molecular weight excluding hydrogens is 450 g/mol. The van der Waals surface area contributed by atoms with Gasteiger partial charge >= 0.3 is 5.97 Å². The molecule has 2 heterocycles. The van der Waals surface area contributed by atoms with E-state index in [0.717, 1.165) is 34.4 Å². The SMILES string of the molecule is COC(=O)c1ccc2c(c1)CCCC2(O)c1ncc(-c2cc(C)cc(NC(=O)C(C)(C)C)n2)s1. The fraction of sp³-hybridized carbons (Fsp3) is 0.385. The second kappa shape index (κ2) is 8.92. The van der Waals surface area contributed by atoms with Gasteiger partial charge in [-0.15, -0.1) is 11.3 Å². The zero-order chi connectivity index (χ0) is 24.7. The van der Waals surface area contributed by atoms with Crippen LogP contribution in [0.25, 0.3) is 10.6 Å². The molecule has 1 aliphatic rings. The number of aromatic nitrogens is 2. The number of anilines is 1. The van der Waals surface area contributed by atoms with Gasteiger partial charge < -0.3 is 15.2 Å². The summed E-state index contributed by atoms with van der Waals surface area (Å²) >= 11 is 1.38. The Balaban J connectivity index is 1.67. The Bertz CT molecular complexity index is 1260. The number of nitrogens with zero attached hydrogens (tertiary/aromatic N) is 2. The third kappa shape index (κ3) is 4.60. The summed E-state index contributed by atoms with van der Waals surface area (Å²) in [5.74, 6) is -0.0174. The summed E-state index contributed by atoms with van der Waals surface area (Å²) in [5, 5.41) is 15.2. The summed E-state index contributed by atoms with van der Waals surface area (Å²) in [6.07, 6.45) is 3.80. The molecule has 7 nitrogen and oxygen atoms in total. The second-order valence-electron chi connectivity index (χ2n) is 9.73. The summed E-state index contributed by atoms with van der Waals surface area (Å²) in [5.41, 5.74) is 2.04. The third-order valence-corrected chi connectivity index (χ3v) is 7.13. The number of aryl methyl sites for hydroxylation is 2. The highest BCUT2D eigenvalue weighted by molar-refractivity contribution is 7.15. The van der Waals surface area contributed by atoms with Crippen molar-refractivity contribution in [2.45, 2.75) is 52.6 Å². The summed E-state index contributed by atoms with van der Waals surface area (Å²) in [4.78, 5) is 34.4. The van der Waals surface area contributed by atoms with E-state index < -0.39 is 17.0 Å². The topological polar surface area (TPSA) is 101 Å². The number of esters is 1. The van der Waals surface area contributed by atoms with Crippen LogP contribution < -0.4 is 5.32 Å². The maximum atomic E-state index is 12.4. The molecule has 2 aromatic heterocycles. The number of carbonyl (C=O) groups is 2. The van der Waals surface area contributed by atoms with Gasteiger partial charge in [-0.2, -0.15) is 0 Å². The molecule has 0 aliphatic heterocycles. The Morgan fingerprint density at radius 2 is 1.97 bits per heavy atom. The summed E-state index contributed by atoms with van der Waals surface area (Å²) in [7, 11) is 1.36. The Morgan fingerprint density at radius 3 is 2.68 bits per heavy atom. The lowest BCUT2D eigenvalue weighted by atomic mass is 9.79. The lowest BCUT2D eigenvalue weighted by molar-refractivity contribution is -0.123. The Morgan fingerprint density at radius 1 is 1.21 bits per heavy atom. The van der Waals surface area contributed by atoms with Gasteiger partial charge in [0.2, 0.25) is 5.91 Å². The van der Waals surface area contributed by atoms with Crippen LogP contribution in [0.3, 0.4) is 0 Å². The zero-order valence-electron chi connectivity index (χ0n) is 20.1. The zero-order valence-corrected chi connectivity index (χ0v) is 20.9. The van der Waals surface area contributed by atoms with E-state index in [1.807, 2.05) is 39.8 Å². The van der Waals surface area contributed by atoms with Crippen molar-refractivity contribution in [3.63, 3.8) is 0 Å². The third-order valence-electron chi connectivity index (χ3n) is 5.96. The van der Waals surface area contributed by atoms with E-state index in [-0.39, 0.29) is 5.91 Å². The molecular formula is C26H29N3O4S. The van der Waals surface area contributed by atoms with Crippen molar-refractivity contribution in [2.24, 2.45) is 5.41 Å². The van der Waals surface area contributed by atoms with Gasteiger partial charge in [-0.05, 0) is 67.1 Å². The second-order valence-corrected chi connectivity index (χ2v) is 10.8. The number of pyridine rings is 1. The molecule has 1 unspecified atom stereocenters. The van der Waals surface area contributed by atoms with Crippen molar-refractivity contribution in [1.82, 2.24) is 9.97 Å². The van der Waals surface area contributed by atoms with E-state index in [1.54, 1.807) is 24.4 Å². The fourth-order valence-electron chi connectivity index (χ4n) is 4.09. The van der Waals surface area contributed by atoms with Gasteiger partial charge in [-0.1, -0.05) is 26.8 Å². The number of nitrogens with one attached hydrogen (secondary N) is 1. The highest BCUT2D eigenvalue weighted by Crippen LogP contribution is 2.43. The monoisotopic (exact) mass is 479 g/mol. The molecule has 0 saturated heterocycles. The number of carbonyl (C=O) groups excluding carboxylic acids is 2. The van der Waals surface area contributed by atoms with Crippen molar-refractivity contribution >= 4 is 29.0 Å². The van der Waals surface area contributed by atoms with Crippen LogP contribution in [0.1, 0.15) is 65.7 Å². The van der Waals surface area contributed by atoms with Crippen molar-refractivity contribution in [1.29, 1.82) is 0 Å². The molecule has 4 rings (SSSR count). The van der Waals surface area contributed by atoms with Gasteiger partial charge in [0.05, 0.1) is 23.2 Å². The average molecular weight is 480 g/mol. The molecule has 1 amide bonds. The van der Waals surface area contributed by atoms with Crippen LogP contribution in [0.15, 0.2) is 36.5 Å². The summed E-state index contributed by atoms with van der Waals surface area (Å²) < 4.78 is 4.83. The lowest BCUT2D eigenvalue weighted by Crippen LogP contribution is -2.32. The number of thiazole rings is 1. The first-order valence-corrected chi connectivity index (χ1v) is 12.0. The number of amides is 1. The van der Waals surface area contributed by atoms with Crippen LogP contribution in [0, 0.1) is 12.3 Å². The van der Waals surface area contributed by atoms with E-state index in [1.165, 1.54) is 18.4 Å². The standard InChI is InChI=1S/C26H29N3O4S/c1-15-11-19(28-21(12-15)29-23(31)25(2,3)4)20-14-27-24(34-20)26(32)10-6-7-16-13-17(22(30)33-5)8-9-18(16)26/h8-9,11-14,32H,6-7,10H2,1-5H3,(H,28,29,31). The predicted molar refractivity (Wildman–Crippen MR) is 132 cm³/mol. The first-order chi connectivity index (χ1) is 16.0. The molecule has 0 fully saturated rings. The Labute approximate surface area is 203 Å². The van der Waals surface area contributed by atoms with Gasteiger partial charge in [-0.3, -0.25) is 4.79 Å². The first-order valence-electron chi connectivity index (χ1n) is 11.2. The minimum atomic E-state index is -1.24. The minimum absolute atomic E-state index is 0.110. The number of fused-ring (bicyclic) bond motifs is 1. The minimum Gasteiger partial charge on any atom is -0.465 e. The highest BCUT2D eigenvalue weighted by atomic mass is 32.1. The summed E-state index contributed by atoms with van der Waals surface area (Å²) in [6.45, 7) is 7.51. The fourth-order valence-corrected chi connectivity index (χ4v) is 5.09.